The molecular formula is C7H5F3IN. The molecule has 1 aromatic rings. The molecular weight excluding hydrogens is 282 g/mol. The number of aromatic nitrogens is 1. The lowest BCUT2D eigenvalue weighted by Crippen LogP contribution is -2.08. The second kappa shape index (κ2) is 3.20. The number of pyridine rings is 1. The maximum Gasteiger partial charge on any atom is 0.433 e. The Bertz CT molecular complexity index is 295. The first-order valence-electron chi connectivity index (χ1n) is 3.11. The van der Waals surface area contributed by atoms with Gasteiger partial charge in [0.1, 0.15) is 9.39 Å². The first-order chi connectivity index (χ1) is 5.41. The molecule has 66 valence electrons. The predicted octanol–water partition coefficient (Wildman–Crippen LogP) is 3.01. The largest absolute Gasteiger partial charge is 0.433 e. The van der Waals surface area contributed by atoms with Gasteiger partial charge in [0.15, 0.2) is 0 Å². The number of hydrogen-bond donors (Lipinski definition) is 0. The highest BCUT2D eigenvalue weighted by Gasteiger charge is 2.32. The van der Waals surface area contributed by atoms with Crippen molar-refractivity contribution in [3.05, 3.63) is 27.1 Å². The Morgan fingerprint density at radius 1 is 1.33 bits per heavy atom. The van der Waals surface area contributed by atoms with Crippen molar-refractivity contribution in [3.8, 4) is 0 Å². The van der Waals surface area contributed by atoms with Gasteiger partial charge in [-0.3, -0.25) is 0 Å². The van der Waals surface area contributed by atoms with Crippen LogP contribution < -0.4 is 0 Å². The Hall–Kier alpha value is -0.330. The van der Waals surface area contributed by atoms with E-state index in [1.807, 2.05) is 0 Å². The summed E-state index contributed by atoms with van der Waals surface area (Å²) >= 11 is 1.78. The Kier molecular flexibility index (Phi) is 2.60. The molecule has 0 aliphatic heterocycles. The summed E-state index contributed by atoms with van der Waals surface area (Å²) in [7, 11) is 0. The van der Waals surface area contributed by atoms with Gasteiger partial charge in [0.2, 0.25) is 0 Å². The number of alkyl halides is 3. The quantitative estimate of drug-likeness (QED) is 0.528. The molecule has 0 aliphatic carbocycles. The van der Waals surface area contributed by atoms with Crippen molar-refractivity contribution in [2.75, 3.05) is 0 Å². The molecule has 0 aromatic carbocycles. The number of aryl methyl sites for hydroxylation is 1. The molecule has 5 heteroatoms. The summed E-state index contributed by atoms with van der Waals surface area (Å²) in [6, 6.07) is 2.40. The molecule has 0 radical (unpaired) electrons. The third kappa shape index (κ3) is 2.09. The standard InChI is InChI=1S/C7H5F3IN/c1-4-2-3-5(7(8,9)10)12-6(4)11/h2-3H,1H3. The zero-order chi connectivity index (χ0) is 9.35. The summed E-state index contributed by atoms with van der Waals surface area (Å²) in [5.74, 6) is 0. The molecule has 1 aromatic heterocycles. The van der Waals surface area contributed by atoms with E-state index in [9.17, 15) is 13.2 Å². The second-order valence-electron chi connectivity index (χ2n) is 2.30. The van der Waals surface area contributed by atoms with Crippen LogP contribution in [0.1, 0.15) is 11.3 Å². The van der Waals surface area contributed by atoms with Crippen molar-refractivity contribution in [1.29, 1.82) is 0 Å². The van der Waals surface area contributed by atoms with Crippen LogP contribution in [0.25, 0.3) is 0 Å². The molecule has 0 spiro atoms. The number of nitrogens with zero attached hydrogens (tertiary/aromatic N) is 1. The summed E-state index contributed by atoms with van der Waals surface area (Å²) in [5, 5.41) is 0. The first kappa shape index (κ1) is 9.76. The molecule has 1 nitrogen and oxygen atoms in total. The van der Waals surface area contributed by atoms with Gasteiger partial charge in [0.25, 0.3) is 0 Å². The summed E-state index contributed by atoms with van der Waals surface area (Å²) in [6.45, 7) is 1.72. The lowest BCUT2D eigenvalue weighted by atomic mass is 10.3. The van der Waals surface area contributed by atoms with Crippen molar-refractivity contribution in [1.82, 2.24) is 4.98 Å². The van der Waals surface area contributed by atoms with Gasteiger partial charge < -0.3 is 0 Å². The summed E-state index contributed by atoms with van der Waals surface area (Å²) in [4.78, 5) is 3.41. The van der Waals surface area contributed by atoms with E-state index in [2.05, 4.69) is 4.98 Å². The lowest BCUT2D eigenvalue weighted by molar-refractivity contribution is -0.141. The lowest BCUT2D eigenvalue weighted by Gasteiger charge is -2.06. The Morgan fingerprint density at radius 2 is 1.92 bits per heavy atom. The highest BCUT2D eigenvalue weighted by Crippen LogP contribution is 2.28. The zero-order valence-corrected chi connectivity index (χ0v) is 8.27. The van der Waals surface area contributed by atoms with Gasteiger partial charge in [-0.15, -0.1) is 0 Å². The summed E-state index contributed by atoms with van der Waals surface area (Å²) in [6.07, 6.45) is -4.34. The highest BCUT2D eigenvalue weighted by molar-refractivity contribution is 14.1. The molecule has 0 bridgehead atoms. The number of hydrogen-bond acceptors (Lipinski definition) is 1. The minimum atomic E-state index is -4.34. The van der Waals surface area contributed by atoms with E-state index in [-0.39, 0.29) is 0 Å². The van der Waals surface area contributed by atoms with Crippen LogP contribution in [0.5, 0.6) is 0 Å². The molecule has 12 heavy (non-hydrogen) atoms. The van der Waals surface area contributed by atoms with Crippen LogP contribution >= 0.6 is 22.6 Å². The normalized spacial score (nSPS) is 11.8. The Morgan fingerprint density at radius 3 is 2.33 bits per heavy atom. The average Bonchev–Trinajstić information content (AvgIpc) is 1.92. The fraction of sp³-hybridized carbons (Fsp3) is 0.286. The van der Waals surface area contributed by atoms with Gasteiger partial charge in [-0.05, 0) is 41.1 Å². The molecule has 1 rings (SSSR count). The molecule has 0 N–H and O–H groups in total. The van der Waals surface area contributed by atoms with Gasteiger partial charge in [-0.2, -0.15) is 13.2 Å². The topological polar surface area (TPSA) is 12.9 Å². The fourth-order valence-corrected chi connectivity index (χ4v) is 1.10. The second-order valence-corrected chi connectivity index (χ2v) is 3.32. The van der Waals surface area contributed by atoms with E-state index in [4.69, 9.17) is 0 Å². The third-order valence-corrected chi connectivity index (χ3v) is 2.42. The minimum absolute atomic E-state index is 0.391. The third-order valence-electron chi connectivity index (χ3n) is 1.33. The average molecular weight is 287 g/mol. The van der Waals surface area contributed by atoms with Crippen LogP contribution in [-0.2, 0) is 6.18 Å². The Labute approximate surface area is 81.1 Å². The van der Waals surface area contributed by atoms with Crippen molar-refractivity contribution in [2.24, 2.45) is 0 Å². The monoisotopic (exact) mass is 287 g/mol. The molecule has 1 heterocycles. The van der Waals surface area contributed by atoms with Crippen LogP contribution in [0.4, 0.5) is 13.2 Å². The fourth-order valence-electron chi connectivity index (χ4n) is 0.662. The van der Waals surface area contributed by atoms with Crippen molar-refractivity contribution in [2.45, 2.75) is 13.1 Å². The van der Waals surface area contributed by atoms with Gasteiger partial charge >= 0.3 is 6.18 Å². The molecule has 0 saturated carbocycles. The van der Waals surface area contributed by atoms with E-state index in [1.54, 1.807) is 29.5 Å². The van der Waals surface area contributed by atoms with E-state index < -0.39 is 11.9 Å². The van der Waals surface area contributed by atoms with Gasteiger partial charge in [-0.1, -0.05) is 6.07 Å². The van der Waals surface area contributed by atoms with Crippen LogP contribution in [0.15, 0.2) is 12.1 Å². The van der Waals surface area contributed by atoms with E-state index in [0.29, 0.717) is 3.70 Å². The van der Waals surface area contributed by atoms with Crippen LogP contribution in [0, 0.1) is 10.6 Å². The van der Waals surface area contributed by atoms with Crippen molar-refractivity contribution < 1.29 is 13.2 Å². The Balaban J connectivity index is 3.14. The molecule has 0 atom stereocenters. The summed E-state index contributed by atoms with van der Waals surface area (Å²) in [5.41, 5.74) is -0.0823. The molecule has 0 fully saturated rings. The first-order valence-corrected chi connectivity index (χ1v) is 4.19. The number of halogens is 4. The highest BCUT2D eigenvalue weighted by atomic mass is 127. The SMILES string of the molecule is Cc1ccc(C(F)(F)F)nc1I. The van der Waals surface area contributed by atoms with Crippen LogP contribution in [0.2, 0.25) is 0 Å². The van der Waals surface area contributed by atoms with Crippen molar-refractivity contribution in [3.63, 3.8) is 0 Å². The maximum atomic E-state index is 12.0. The number of rotatable bonds is 0. The zero-order valence-electron chi connectivity index (χ0n) is 6.11. The summed E-state index contributed by atoms with van der Waals surface area (Å²) < 4.78 is 36.5. The van der Waals surface area contributed by atoms with Crippen LogP contribution in [0.3, 0.4) is 0 Å². The minimum Gasteiger partial charge on any atom is -0.237 e. The molecule has 0 amide bonds. The van der Waals surface area contributed by atoms with Crippen LogP contribution in [-0.4, -0.2) is 4.98 Å². The van der Waals surface area contributed by atoms with E-state index >= 15 is 0 Å². The smallest absolute Gasteiger partial charge is 0.237 e. The van der Waals surface area contributed by atoms with Gasteiger partial charge in [-0.25, -0.2) is 4.98 Å². The molecule has 0 saturated heterocycles. The van der Waals surface area contributed by atoms with Gasteiger partial charge in [0.05, 0.1) is 0 Å². The van der Waals surface area contributed by atoms with Gasteiger partial charge in [0, 0.05) is 0 Å². The van der Waals surface area contributed by atoms with Crippen molar-refractivity contribution >= 4 is 22.6 Å². The maximum absolute atomic E-state index is 12.0. The van der Waals surface area contributed by atoms with E-state index in [1.165, 1.54) is 6.07 Å². The molecule has 0 unspecified atom stereocenters. The predicted molar refractivity (Wildman–Crippen MR) is 46.7 cm³/mol. The molecule has 0 aliphatic rings. The van der Waals surface area contributed by atoms with E-state index in [0.717, 1.165) is 11.6 Å².